The van der Waals surface area contributed by atoms with Crippen LogP contribution in [0.2, 0.25) is 5.15 Å². The fraction of sp³-hybridized carbons (Fsp3) is 0.125. The number of aromatic nitrogens is 4. The van der Waals surface area contributed by atoms with Crippen molar-refractivity contribution in [2.75, 3.05) is 0 Å². The minimum atomic E-state index is 0.430. The van der Waals surface area contributed by atoms with Crippen molar-refractivity contribution in [3.63, 3.8) is 0 Å². The van der Waals surface area contributed by atoms with Gasteiger partial charge in [0.25, 0.3) is 0 Å². The first-order valence-electron chi connectivity index (χ1n) is 3.76. The Labute approximate surface area is 80.0 Å². The van der Waals surface area contributed by atoms with Crippen molar-refractivity contribution in [2.24, 2.45) is 0 Å². The van der Waals surface area contributed by atoms with E-state index in [0.717, 1.165) is 5.69 Å². The molecule has 0 fully saturated rings. The molecular formula is C8H7ClN4. The van der Waals surface area contributed by atoms with Crippen molar-refractivity contribution in [3.8, 4) is 11.6 Å². The van der Waals surface area contributed by atoms with Gasteiger partial charge in [0.2, 0.25) is 0 Å². The van der Waals surface area contributed by atoms with E-state index in [0.29, 0.717) is 16.8 Å². The smallest absolute Gasteiger partial charge is 0.197 e. The second-order valence-corrected chi connectivity index (χ2v) is 2.98. The maximum absolute atomic E-state index is 5.77. The summed E-state index contributed by atoms with van der Waals surface area (Å²) in [5, 5.41) is 0.430. The molecule has 1 N–H and O–H groups in total. The molecule has 0 bridgehead atoms. The molecule has 0 saturated heterocycles. The third kappa shape index (κ3) is 1.67. The van der Waals surface area contributed by atoms with E-state index in [1.165, 1.54) is 0 Å². The van der Waals surface area contributed by atoms with Crippen LogP contribution in [0.1, 0.15) is 5.69 Å². The van der Waals surface area contributed by atoms with Gasteiger partial charge in [-0.1, -0.05) is 11.6 Å². The van der Waals surface area contributed by atoms with Crippen molar-refractivity contribution in [1.29, 1.82) is 0 Å². The molecule has 2 heterocycles. The Morgan fingerprint density at radius 2 is 2.23 bits per heavy atom. The predicted octanol–water partition coefficient (Wildman–Crippen LogP) is 1.83. The van der Waals surface area contributed by atoms with Crippen LogP contribution in [-0.4, -0.2) is 19.9 Å². The fourth-order valence-corrected chi connectivity index (χ4v) is 1.26. The summed E-state index contributed by atoms with van der Waals surface area (Å²) in [5.74, 6) is 1.15. The molecule has 0 spiro atoms. The summed E-state index contributed by atoms with van der Waals surface area (Å²) < 4.78 is 0. The zero-order chi connectivity index (χ0) is 9.26. The summed E-state index contributed by atoms with van der Waals surface area (Å²) in [7, 11) is 0. The molecule has 0 aliphatic rings. The number of aryl methyl sites for hydroxylation is 1. The first kappa shape index (κ1) is 8.19. The molecule has 2 aromatic rings. The minimum Gasteiger partial charge on any atom is -0.342 e. The molecule has 0 amide bonds. The number of hydrogen-bond donors (Lipinski definition) is 1. The number of nitrogens with one attached hydrogen (secondary N) is 1. The van der Waals surface area contributed by atoms with E-state index in [1.54, 1.807) is 18.5 Å². The molecule has 0 aromatic carbocycles. The summed E-state index contributed by atoms with van der Waals surface area (Å²) in [6.07, 6.45) is 3.36. The lowest BCUT2D eigenvalue weighted by molar-refractivity contribution is 1.08. The molecule has 0 radical (unpaired) electrons. The van der Waals surface area contributed by atoms with Crippen LogP contribution in [0.5, 0.6) is 0 Å². The highest BCUT2D eigenvalue weighted by molar-refractivity contribution is 6.29. The second-order valence-electron chi connectivity index (χ2n) is 2.59. The lowest BCUT2D eigenvalue weighted by Gasteiger charge is -1.97. The lowest BCUT2D eigenvalue weighted by Crippen LogP contribution is -1.93. The number of H-pyrrole nitrogens is 1. The Hall–Kier alpha value is -1.42. The molecule has 0 saturated carbocycles. The maximum atomic E-state index is 5.77. The summed E-state index contributed by atoms with van der Waals surface area (Å²) >= 11 is 5.77. The van der Waals surface area contributed by atoms with E-state index in [2.05, 4.69) is 19.9 Å². The fourth-order valence-electron chi connectivity index (χ4n) is 1.02. The van der Waals surface area contributed by atoms with Crippen molar-refractivity contribution in [3.05, 3.63) is 29.3 Å². The average Bonchev–Trinajstić information content (AvgIpc) is 2.53. The topological polar surface area (TPSA) is 54.5 Å². The normalized spacial score (nSPS) is 10.3. The largest absolute Gasteiger partial charge is 0.342 e. The Balaban J connectivity index is 2.53. The molecule has 13 heavy (non-hydrogen) atoms. The van der Waals surface area contributed by atoms with E-state index < -0.39 is 0 Å². The third-order valence-corrected chi connectivity index (χ3v) is 1.73. The van der Waals surface area contributed by atoms with Crippen LogP contribution in [0, 0.1) is 6.92 Å². The number of imidazole rings is 1. The number of aromatic amines is 1. The van der Waals surface area contributed by atoms with Crippen molar-refractivity contribution in [2.45, 2.75) is 6.92 Å². The third-order valence-electron chi connectivity index (χ3n) is 1.53. The maximum Gasteiger partial charge on any atom is 0.197 e. The van der Waals surface area contributed by atoms with Crippen LogP contribution in [0.4, 0.5) is 0 Å². The van der Waals surface area contributed by atoms with Gasteiger partial charge in [-0.2, -0.15) is 0 Å². The average molecular weight is 195 g/mol. The number of hydrogen-bond acceptors (Lipinski definition) is 3. The van der Waals surface area contributed by atoms with Crippen LogP contribution in [-0.2, 0) is 0 Å². The van der Waals surface area contributed by atoms with Crippen molar-refractivity contribution >= 4 is 11.6 Å². The van der Waals surface area contributed by atoms with E-state index >= 15 is 0 Å². The first-order valence-corrected chi connectivity index (χ1v) is 4.14. The van der Waals surface area contributed by atoms with Crippen molar-refractivity contribution < 1.29 is 0 Å². The zero-order valence-electron chi connectivity index (χ0n) is 6.95. The summed E-state index contributed by atoms with van der Waals surface area (Å²) in [4.78, 5) is 15.2. The molecule has 5 heteroatoms. The Morgan fingerprint density at radius 1 is 1.38 bits per heavy atom. The van der Waals surface area contributed by atoms with Crippen LogP contribution in [0.3, 0.4) is 0 Å². The molecule has 2 rings (SSSR count). The van der Waals surface area contributed by atoms with Crippen molar-refractivity contribution in [1.82, 2.24) is 19.9 Å². The standard InChI is InChI=1S/C8H7ClN4/c1-5-4-6(9)13-8(12-5)7-10-2-3-11-7/h2-4H,1H3,(H,10,11). The molecular weight excluding hydrogens is 188 g/mol. The van der Waals surface area contributed by atoms with Gasteiger partial charge in [-0.15, -0.1) is 0 Å². The highest BCUT2D eigenvalue weighted by atomic mass is 35.5. The highest BCUT2D eigenvalue weighted by Gasteiger charge is 2.04. The molecule has 0 atom stereocenters. The van der Waals surface area contributed by atoms with Gasteiger partial charge in [-0.25, -0.2) is 15.0 Å². The van der Waals surface area contributed by atoms with Crippen LogP contribution in [0.15, 0.2) is 18.5 Å². The van der Waals surface area contributed by atoms with Gasteiger partial charge >= 0.3 is 0 Å². The van der Waals surface area contributed by atoms with Gasteiger partial charge < -0.3 is 4.98 Å². The van der Waals surface area contributed by atoms with Gasteiger partial charge in [0.15, 0.2) is 11.6 Å². The Bertz CT molecular complexity index is 390. The lowest BCUT2D eigenvalue weighted by atomic mass is 10.4. The second kappa shape index (κ2) is 3.14. The number of halogens is 1. The molecule has 66 valence electrons. The van der Waals surface area contributed by atoms with Crippen LogP contribution in [0.25, 0.3) is 11.6 Å². The first-order chi connectivity index (χ1) is 6.25. The number of nitrogens with zero attached hydrogens (tertiary/aromatic N) is 3. The van der Waals surface area contributed by atoms with Gasteiger partial charge in [0.05, 0.1) is 0 Å². The summed E-state index contributed by atoms with van der Waals surface area (Å²) in [6.45, 7) is 1.86. The minimum absolute atomic E-state index is 0.430. The van der Waals surface area contributed by atoms with E-state index in [-0.39, 0.29) is 0 Å². The van der Waals surface area contributed by atoms with E-state index in [9.17, 15) is 0 Å². The molecule has 0 unspecified atom stereocenters. The SMILES string of the molecule is Cc1cc(Cl)nc(-c2ncc[nH]2)n1. The highest BCUT2D eigenvalue weighted by Crippen LogP contribution is 2.13. The molecule has 0 aliphatic carbocycles. The summed E-state index contributed by atoms with van der Waals surface area (Å²) in [6, 6.07) is 1.70. The predicted molar refractivity (Wildman–Crippen MR) is 49.4 cm³/mol. The molecule has 4 nitrogen and oxygen atoms in total. The van der Waals surface area contributed by atoms with Gasteiger partial charge in [-0.05, 0) is 13.0 Å². The van der Waals surface area contributed by atoms with Gasteiger partial charge in [0.1, 0.15) is 5.15 Å². The Morgan fingerprint density at radius 3 is 2.85 bits per heavy atom. The van der Waals surface area contributed by atoms with Gasteiger partial charge in [0, 0.05) is 18.1 Å². The van der Waals surface area contributed by atoms with Crippen LogP contribution >= 0.6 is 11.6 Å². The Kier molecular flexibility index (Phi) is 1.98. The molecule has 2 aromatic heterocycles. The summed E-state index contributed by atoms with van der Waals surface area (Å²) in [5.41, 5.74) is 0.825. The molecule has 0 aliphatic heterocycles. The number of rotatable bonds is 1. The monoisotopic (exact) mass is 194 g/mol. The van der Waals surface area contributed by atoms with E-state index in [4.69, 9.17) is 11.6 Å². The quantitative estimate of drug-likeness (QED) is 0.705. The van der Waals surface area contributed by atoms with Gasteiger partial charge in [-0.3, -0.25) is 0 Å². The van der Waals surface area contributed by atoms with Crippen LogP contribution < -0.4 is 0 Å². The zero-order valence-corrected chi connectivity index (χ0v) is 7.71. The van der Waals surface area contributed by atoms with E-state index in [1.807, 2.05) is 6.92 Å².